The Labute approximate surface area is 140 Å². The van der Waals surface area contributed by atoms with Gasteiger partial charge in [0.15, 0.2) is 0 Å². The summed E-state index contributed by atoms with van der Waals surface area (Å²) in [7, 11) is -4.38. The molecule has 0 bridgehead atoms. The van der Waals surface area contributed by atoms with E-state index < -0.39 is 31.5 Å². The van der Waals surface area contributed by atoms with Crippen molar-refractivity contribution in [2.45, 2.75) is 11.1 Å². The van der Waals surface area contributed by atoms with Gasteiger partial charge in [-0.05, 0) is 36.4 Å². The summed E-state index contributed by atoms with van der Waals surface area (Å²) in [6.07, 6.45) is -3.89. The lowest BCUT2D eigenvalue weighted by Gasteiger charge is -2.07. The molecule has 2 aromatic rings. The Kier molecular flexibility index (Phi) is 5.12. The normalized spacial score (nSPS) is 12.7. The maximum atomic E-state index is 12.5. The first kappa shape index (κ1) is 18.5. The number of halogens is 3. The first-order valence-corrected chi connectivity index (χ1v) is 8.19. The number of hydrogen-bond acceptors (Lipinski definition) is 5. The molecular weight excluding hydrogens is 361 g/mol. The number of benzene rings is 2. The van der Waals surface area contributed by atoms with Crippen LogP contribution in [0.3, 0.4) is 0 Å². The summed E-state index contributed by atoms with van der Waals surface area (Å²) < 4.78 is 62.0. The van der Waals surface area contributed by atoms with Crippen LogP contribution in [0.5, 0.6) is 0 Å². The zero-order chi connectivity index (χ0) is 18.7. The molecule has 0 amide bonds. The fourth-order valence-electron chi connectivity index (χ4n) is 1.85. The number of anilines is 1. The number of nitrogens with zero attached hydrogens (tertiary/aromatic N) is 1. The number of nitro groups is 1. The molecule has 2 rings (SSSR count). The average Bonchev–Trinajstić information content (AvgIpc) is 2.55. The van der Waals surface area contributed by atoms with Crippen molar-refractivity contribution in [3.8, 4) is 0 Å². The van der Waals surface area contributed by atoms with Crippen LogP contribution in [0.1, 0.15) is 5.56 Å². The van der Waals surface area contributed by atoms with Crippen LogP contribution >= 0.6 is 0 Å². The molecule has 0 atom stereocenters. The van der Waals surface area contributed by atoms with E-state index in [0.717, 1.165) is 24.3 Å². The van der Waals surface area contributed by atoms with Crippen LogP contribution < -0.4 is 5.32 Å². The van der Waals surface area contributed by atoms with Crippen molar-refractivity contribution in [2.75, 3.05) is 5.32 Å². The van der Waals surface area contributed by atoms with E-state index in [-0.39, 0.29) is 10.6 Å². The van der Waals surface area contributed by atoms with Gasteiger partial charge < -0.3 is 5.32 Å². The van der Waals surface area contributed by atoms with E-state index in [1.807, 2.05) is 0 Å². The molecule has 25 heavy (non-hydrogen) atoms. The van der Waals surface area contributed by atoms with Crippen LogP contribution in [0.2, 0.25) is 0 Å². The van der Waals surface area contributed by atoms with Gasteiger partial charge in [-0.1, -0.05) is 18.2 Å². The lowest BCUT2D eigenvalue weighted by atomic mass is 10.2. The van der Waals surface area contributed by atoms with Gasteiger partial charge in [0.25, 0.3) is 9.84 Å². The molecule has 0 unspecified atom stereocenters. The van der Waals surface area contributed by atoms with Gasteiger partial charge >= 0.3 is 11.2 Å². The number of alkyl halides is 3. The third kappa shape index (κ3) is 4.35. The van der Waals surface area contributed by atoms with Crippen LogP contribution in [0.15, 0.2) is 70.7 Å². The summed E-state index contributed by atoms with van der Waals surface area (Å²) in [6.45, 7) is 0. The molecule has 0 aliphatic heterocycles. The Morgan fingerprint density at radius 2 is 1.60 bits per heavy atom. The summed E-state index contributed by atoms with van der Waals surface area (Å²) in [5.74, 6) is 0. The maximum Gasteiger partial charge on any atom is 0.416 e. The molecule has 2 aromatic carbocycles. The fourth-order valence-corrected chi connectivity index (χ4v) is 3.02. The number of sulfone groups is 1. The Morgan fingerprint density at radius 3 is 2.08 bits per heavy atom. The highest BCUT2D eigenvalue weighted by Gasteiger charge is 2.32. The molecule has 0 heterocycles. The lowest BCUT2D eigenvalue weighted by Crippen LogP contribution is -2.14. The topological polar surface area (TPSA) is 89.3 Å². The van der Waals surface area contributed by atoms with Crippen LogP contribution in [-0.4, -0.2) is 13.3 Å². The Balaban J connectivity index is 2.31. The van der Waals surface area contributed by atoms with Gasteiger partial charge in [-0.2, -0.15) is 13.2 Å². The Bertz CT molecular complexity index is 893. The third-order valence-corrected chi connectivity index (χ3v) is 4.79. The van der Waals surface area contributed by atoms with Gasteiger partial charge in [0, 0.05) is 5.69 Å². The van der Waals surface area contributed by atoms with Gasteiger partial charge in [0.1, 0.15) is 0 Å². The van der Waals surface area contributed by atoms with E-state index in [1.54, 1.807) is 6.07 Å². The van der Waals surface area contributed by atoms with E-state index in [0.29, 0.717) is 6.20 Å². The summed E-state index contributed by atoms with van der Waals surface area (Å²) >= 11 is 0. The zero-order valence-electron chi connectivity index (χ0n) is 12.4. The highest BCUT2D eigenvalue weighted by molar-refractivity contribution is 7.95. The smallest absolute Gasteiger partial charge is 0.355 e. The van der Waals surface area contributed by atoms with Gasteiger partial charge in [-0.25, -0.2) is 8.42 Å². The van der Waals surface area contributed by atoms with Crippen molar-refractivity contribution in [3.05, 3.63) is 81.5 Å². The molecule has 0 fully saturated rings. The van der Waals surface area contributed by atoms with E-state index in [2.05, 4.69) is 5.32 Å². The minimum absolute atomic E-state index is 0.0654. The molecule has 0 radical (unpaired) electrons. The Morgan fingerprint density at radius 1 is 1.04 bits per heavy atom. The first-order valence-electron chi connectivity index (χ1n) is 6.71. The predicted molar refractivity (Wildman–Crippen MR) is 83.8 cm³/mol. The molecule has 0 aromatic heterocycles. The Hall–Kier alpha value is -2.88. The highest BCUT2D eigenvalue weighted by Crippen LogP contribution is 2.30. The van der Waals surface area contributed by atoms with E-state index in [1.165, 1.54) is 24.3 Å². The van der Waals surface area contributed by atoms with Gasteiger partial charge in [0.05, 0.1) is 21.6 Å². The number of rotatable bonds is 5. The van der Waals surface area contributed by atoms with Crippen molar-refractivity contribution >= 4 is 15.5 Å². The van der Waals surface area contributed by atoms with Crippen LogP contribution in [-0.2, 0) is 16.0 Å². The molecule has 0 saturated carbocycles. The van der Waals surface area contributed by atoms with Gasteiger partial charge in [-0.15, -0.1) is 0 Å². The summed E-state index contributed by atoms with van der Waals surface area (Å²) in [5, 5.41) is 12.3. The monoisotopic (exact) mass is 372 g/mol. The van der Waals surface area contributed by atoms with Crippen LogP contribution in [0.25, 0.3) is 0 Å². The van der Waals surface area contributed by atoms with Crippen LogP contribution in [0.4, 0.5) is 18.9 Å². The van der Waals surface area contributed by atoms with Crippen molar-refractivity contribution in [1.82, 2.24) is 0 Å². The lowest BCUT2D eigenvalue weighted by molar-refractivity contribution is -0.411. The van der Waals surface area contributed by atoms with Crippen molar-refractivity contribution in [1.29, 1.82) is 0 Å². The van der Waals surface area contributed by atoms with E-state index in [4.69, 9.17) is 0 Å². The van der Waals surface area contributed by atoms with Crippen molar-refractivity contribution in [3.63, 3.8) is 0 Å². The van der Waals surface area contributed by atoms with E-state index >= 15 is 0 Å². The molecule has 0 aliphatic carbocycles. The molecule has 0 saturated heterocycles. The zero-order valence-corrected chi connectivity index (χ0v) is 13.2. The number of hydrogen-bond donors (Lipinski definition) is 1. The number of nitrogens with one attached hydrogen (secondary N) is 1. The van der Waals surface area contributed by atoms with Gasteiger partial charge in [0.2, 0.25) is 0 Å². The second kappa shape index (κ2) is 6.93. The summed E-state index contributed by atoms with van der Waals surface area (Å²) in [4.78, 5) is 9.74. The third-order valence-electron chi connectivity index (χ3n) is 3.08. The second-order valence-electron chi connectivity index (χ2n) is 4.78. The molecule has 132 valence electrons. The summed E-state index contributed by atoms with van der Waals surface area (Å²) in [5.41, 5.74) is -0.830. The molecule has 10 heteroatoms. The van der Waals surface area contributed by atoms with E-state index in [9.17, 15) is 31.7 Å². The quantitative estimate of drug-likeness (QED) is 0.639. The molecular formula is C15H11F3N2O4S. The van der Waals surface area contributed by atoms with Gasteiger partial charge in [-0.3, -0.25) is 10.1 Å². The molecule has 1 N–H and O–H groups in total. The predicted octanol–water partition coefficient (Wildman–Crippen LogP) is 3.67. The van der Waals surface area contributed by atoms with Crippen molar-refractivity contribution < 1.29 is 26.5 Å². The largest absolute Gasteiger partial charge is 0.416 e. The SMILES string of the molecule is O=[N+]([O-])/C(=C\Nc1ccc(C(F)(F)F)cc1)S(=O)(=O)c1ccccc1. The summed E-state index contributed by atoms with van der Waals surface area (Å²) in [6, 6.07) is 10.4. The maximum absolute atomic E-state index is 12.5. The standard InChI is InChI=1S/C15H11F3N2O4S/c16-15(17,18)11-6-8-12(9-7-11)19-10-14(20(21)22)25(23,24)13-4-2-1-3-5-13/h1-10,19H/b14-10+. The average molecular weight is 372 g/mol. The molecule has 6 nitrogen and oxygen atoms in total. The minimum atomic E-state index is -4.52. The highest BCUT2D eigenvalue weighted by atomic mass is 32.2. The van der Waals surface area contributed by atoms with Crippen molar-refractivity contribution in [2.24, 2.45) is 0 Å². The minimum Gasteiger partial charge on any atom is -0.355 e. The van der Waals surface area contributed by atoms with Crippen LogP contribution in [0, 0.1) is 10.1 Å². The molecule has 0 aliphatic rings. The first-order chi connectivity index (χ1) is 11.6. The second-order valence-corrected chi connectivity index (χ2v) is 6.67. The molecule has 0 spiro atoms. The fraction of sp³-hybridized carbons (Fsp3) is 0.0667.